The second-order valence-corrected chi connectivity index (χ2v) is 7.67. The van der Waals surface area contributed by atoms with Crippen LogP contribution in [0.5, 0.6) is 0 Å². The number of nitrogens with zero attached hydrogens (tertiary/aromatic N) is 3. The van der Waals surface area contributed by atoms with Crippen LogP contribution in [-0.4, -0.2) is 54.1 Å². The number of aliphatic imine (C=N–C) groups is 1. The summed E-state index contributed by atoms with van der Waals surface area (Å²) in [6.45, 7) is 4.81. The Balaban J connectivity index is 0.00000154. The van der Waals surface area contributed by atoms with E-state index in [-0.39, 0.29) is 22.4 Å². The Bertz CT molecular complexity index is 1090. The minimum Gasteiger partial charge on any atom is -0.394 e. The molecule has 2 aromatic rings. The van der Waals surface area contributed by atoms with Gasteiger partial charge in [0.1, 0.15) is 24.4 Å². The van der Waals surface area contributed by atoms with Crippen molar-refractivity contribution in [2.75, 3.05) is 13.6 Å². The third kappa shape index (κ3) is 7.89. The third-order valence-corrected chi connectivity index (χ3v) is 5.14. The maximum atomic E-state index is 13.4. The number of nitrogens with one attached hydrogen (secondary N) is 1. The maximum Gasteiger partial charge on any atom is 0.280 e. The summed E-state index contributed by atoms with van der Waals surface area (Å²) in [5.41, 5.74) is 9.26. The van der Waals surface area contributed by atoms with E-state index in [1.54, 1.807) is 0 Å². The summed E-state index contributed by atoms with van der Waals surface area (Å²) >= 11 is 6.16. The molecule has 9 nitrogen and oxygen atoms in total. The van der Waals surface area contributed by atoms with Gasteiger partial charge in [-0.2, -0.15) is 4.98 Å². The minimum absolute atomic E-state index is 0.211. The number of hydrogen-bond donors (Lipinski definition) is 3. The van der Waals surface area contributed by atoms with Gasteiger partial charge >= 0.3 is 0 Å². The Morgan fingerprint density at radius 3 is 2.50 bits per heavy atom. The second-order valence-electron chi connectivity index (χ2n) is 7.26. The second kappa shape index (κ2) is 14.3. The lowest BCUT2D eigenvalue weighted by molar-refractivity contribution is -0.122. The molecule has 1 aliphatic rings. The molecule has 1 fully saturated rings. The molecule has 1 amide bonds. The largest absolute Gasteiger partial charge is 0.394 e. The molecular weight excluding hydrogens is 501 g/mol. The number of carbonyl (C=O) groups excluding carboxylic acids is 2. The quantitative estimate of drug-likeness (QED) is 0.332. The molecule has 0 bridgehead atoms. The van der Waals surface area contributed by atoms with Gasteiger partial charge in [-0.1, -0.05) is 36.7 Å². The van der Waals surface area contributed by atoms with E-state index in [0.717, 1.165) is 6.08 Å². The van der Waals surface area contributed by atoms with Crippen molar-refractivity contribution in [3.05, 3.63) is 52.4 Å². The van der Waals surface area contributed by atoms with Crippen molar-refractivity contribution in [2.45, 2.75) is 51.5 Å². The summed E-state index contributed by atoms with van der Waals surface area (Å²) in [6, 6.07) is 3.23. The lowest BCUT2D eigenvalue weighted by Gasteiger charge is -2.12. The highest BCUT2D eigenvalue weighted by atomic mass is 35.5. The van der Waals surface area contributed by atoms with Crippen LogP contribution in [0.25, 0.3) is 5.70 Å². The van der Waals surface area contributed by atoms with Gasteiger partial charge in [0.15, 0.2) is 5.82 Å². The number of hydrogen-bond acceptors (Lipinski definition) is 8. The number of halogens is 4. The van der Waals surface area contributed by atoms with Crippen molar-refractivity contribution >= 4 is 35.2 Å². The lowest BCUT2D eigenvalue weighted by Crippen LogP contribution is -2.35. The van der Waals surface area contributed by atoms with Gasteiger partial charge in [-0.15, -0.1) is 0 Å². The van der Waals surface area contributed by atoms with Crippen molar-refractivity contribution < 1.29 is 27.3 Å². The number of aldehydes is 1. The molecule has 13 heteroatoms. The highest BCUT2D eigenvalue weighted by Gasteiger charge is 2.51. The zero-order valence-electron chi connectivity index (χ0n) is 20.4. The van der Waals surface area contributed by atoms with E-state index in [2.05, 4.69) is 26.2 Å². The number of benzene rings is 1. The highest BCUT2D eigenvalue weighted by Crippen LogP contribution is 2.54. The molecule has 1 aromatic heterocycles. The van der Waals surface area contributed by atoms with E-state index in [0.29, 0.717) is 24.7 Å². The number of rotatable bonds is 9. The van der Waals surface area contributed by atoms with Gasteiger partial charge in [-0.25, -0.2) is 13.2 Å². The Morgan fingerprint density at radius 2 is 1.97 bits per heavy atom. The van der Waals surface area contributed by atoms with Crippen LogP contribution in [0, 0.1) is 5.82 Å². The zero-order chi connectivity index (χ0) is 27.5. The number of alkyl halides is 2. The molecule has 0 saturated heterocycles. The molecule has 0 radical (unpaired) electrons. The van der Waals surface area contributed by atoms with Gasteiger partial charge in [0.25, 0.3) is 12.3 Å². The normalized spacial score (nSPS) is 15.2. The fourth-order valence-electron chi connectivity index (χ4n) is 3.05. The Hall–Kier alpha value is -3.25. The van der Waals surface area contributed by atoms with E-state index in [1.807, 2.05) is 13.8 Å². The average molecular weight is 531 g/mol. The van der Waals surface area contributed by atoms with Crippen molar-refractivity contribution in [2.24, 2.45) is 16.5 Å². The molecule has 0 spiro atoms. The molecule has 1 aromatic carbocycles. The van der Waals surface area contributed by atoms with E-state index in [9.17, 15) is 22.8 Å². The Labute approximate surface area is 212 Å². The fraction of sp³-hybridized carbons (Fsp3) is 0.435. The number of nitrogens with two attached hydrogens (primary N) is 2. The predicted octanol–water partition coefficient (Wildman–Crippen LogP) is 3.25. The van der Waals surface area contributed by atoms with Crippen LogP contribution in [0.2, 0.25) is 5.02 Å². The van der Waals surface area contributed by atoms with Crippen LogP contribution in [0.4, 0.5) is 13.2 Å². The molecule has 1 aliphatic carbocycles. The van der Waals surface area contributed by atoms with Crippen LogP contribution >= 0.6 is 11.6 Å². The minimum atomic E-state index is -3.03. The maximum absolute atomic E-state index is 13.4. The van der Waals surface area contributed by atoms with Crippen molar-refractivity contribution in [3.8, 4) is 0 Å². The summed E-state index contributed by atoms with van der Waals surface area (Å²) in [5, 5.41) is 6.38. The molecule has 1 unspecified atom stereocenters. The van der Waals surface area contributed by atoms with Crippen molar-refractivity contribution in [1.29, 1.82) is 0 Å². The first-order valence-electron chi connectivity index (χ1n) is 11.1. The summed E-state index contributed by atoms with van der Waals surface area (Å²) < 4.78 is 45.2. The van der Waals surface area contributed by atoms with Gasteiger partial charge in [0.2, 0.25) is 5.91 Å². The van der Waals surface area contributed by atoms with Gasteiger partial charge in [-0.05, 0) is 50.6 Å². The van der Waals surface area contributed by atoms with Gasteiger partial charge in [0.05, 0.1) is 17.2 Å². The molecule has 36 heavy (non-hydrogen) atoms. The number of carbonyl (C=O) groups is 2. The topological polar surface area (TPSA) is 149 Å². The third-order valence-electron chi connectivity index (χ3n) is 4.82. The molecular formula is C23H30ClF3N6O3. The summed E-state index contributed by atoms with van der Waals surface area (Å²) in [4.78, 5) is 29.9. The van der Waals surface area contributed by atoms with E-state index in [1.165, 1.54) is 32.2 Å². The smallest absolute Gasteiger partial charge is 0.280 e. The Kier molecular flexibility index (Phi) is 12.3. The van der Waals surface area contributed by atoms with Gasteiger partial charge in [-0.3, -0.25) is 9.79 Å². The highest BCUT2D eigenvalue weighted by molar-refractivity contribution is 6.31. The molecule has 1 saturated carbocycles. The molecule has 0 aliphatic heterocycles. The van der Waals surface area contributed by atoms with Crippen LogP contribution in [0.15, 0.2) is 33.8 Å². The van der Waals surface area contributed by atoms with E-state index in [4.69, 9.17) is 21.9 Å². The lowest BCUT2D eigenvalue weighted by atomic mass is 9.95. The first-order chi connectivity index (χ1) is 17.2. The van der Waals surface area contributed by atoms with Gasteiger partial charge in [0, 0.05) is 5.02 Å². The van der Waals surface area contributed by atoms with Crippen molar-refractivity contribution in [3.63, 3.8) is 0 Å². The number of aromatic nitrogens is 2. The molecule has 198 valence electrons. The molecule has 5 N–H and O–H groups in total. The van der Waals surface area contributed by atoms with Crippen LogP contribution in [0.3, 0.4) is 0 Å². The van der Waals surface area contributed by atoms with Crippen LogP contribution in [-0.2, 0) is 15.0 Å². The molecule has 3 rings (SSSR count). The summed E-state index contributed by atoms with van der Waals surface area (Å²) in [7, 11) is 1.50. The van der Waals surface area contributed by atoms with E-state index < -0.39 is 41.9 Å². The summed E-state index contributed by atoms with van der Waals surface area (Å²) in [5.74, 6) is -1.16. The number of amides is 1. The monoisotopic (exact) mass is 530 g/mol. The first-order valence-corrected chi connectivity index (χ1v) is 11.5. The fourth-order valence-corrected chi connectivity index (χ4v) is 3.39. The van der Waals surface area contributed by atoms with Gasteiger partial charge < -0.3 is 26.1 Å². The van der Waals surface area contributed by atoms with Crippen LogP contribution < -0.4 is 16.8 Å². The van der Waals surface area contributed by atoms with E-state index >= 15 is 0 Å². The first kappa shape index (κ1) is 30.8. The van der Waals surface area contributed by atoms with Crippen molar-refractivity contribution in [1.82, 2.24) is 15.5 Å². The predicted molar refractivity (Wildman–Crippen MR) is 131 cm³/mol. The van der Waals surface area contributed by atoms with Crippen LogP contribution in [0.1, 0.15) is 50.9 Å². The molecule has 1 heterocycles. The summed E-state index contributed by atoms with van der Waals surface area (Å²) in [6.07, 6.45) is -0.423. The SMILES string of the molecule is CC.CC(C=O)NC(=O)CN=C(/C=C(\N)c1nc(C2(c3ccc(F)cc3Cl)CC2)no1)C(F)F.CN. The average Bonchev–Trinajstić information content (AvgIpc) is 3.50. The zero-order valence-corrected chi connectivity index (χ0v) is 21.2. The Morgan fingerprint density at radius 1 is 1.33 bits per heavy atom. The number of allylic oxidation sites excluding steroid dienone is 1. The standard InChI is InChI=1S/C20H19ClF3N5O3.C2H6.CH5N/c1-10(9-30)27-16(31)8-26-15(17(23)24)7-14(25)18-28-19(29-32-18)20(4-5-20)12-3-2-11(22)6-13(12)21;2*1-2/h2-3,6-7,9-10,17H,4-5,8,25H2,1H3,(H,27,31);1-2H3;2H2,1H3/b14-7-,26-15?;;. The molecule has 1 atom stereocenters.